The van der Waals surface area contributed by atoms with Crippen LogP contribution in [0.4, 0.5) is 5.69 Å². The number of hydrogen-bond donors (Lipinski definition) is 3. The van der Waals surface area contributed by atoms with Gasteiger partial charge in [-0.3, -0.25) is 25.2 Å². The van der Waals surface area contributed by atoms with Crippen molar-refractivity contribution in [3.05, 3.63) is 83.9 Å². The number of hydrogen-bond acceptors (Lipinski definition) is 6. The van der Waals surface area contributed by atoms with Gasteiger partial charge in [-0.25, -0.2) is 8.42 Å². The van der Waals surface area contributed by atoms with E-state index in [1.54, 1.807) is 43.3 Å². The zero-order chi connectivity index (χ0) is 24.7. The quantitative estimate of drug-likeness (QED) is 0.423. The van der Waals surface area contributed by atoms with Crippen LogP contribution >= 0.6 is 0 Å². The SMILES string of the molecule is COc1ccc(NS(=O)(=O)c2cccc(C(=O)NNC(=O)C(C)Oc3ccc(C)cc3)c2)cc1. The average Bonchev–Trinajstić information content (AvgIpc) is 2.84. The number of sulfonamides is 1. The Hall–Kier alpha value is -4.05. The summed E-state index contributed by atoms with van der Waals surface area (Å²) < 4.78 is 38.5. The van der Waals surface area contributed by atoms with Gasteiger partial charge < -0.3 is 9.47 Å². The third-order valence-corrected chi connectivity index (χ3v) is 6.13. The number of benzene rings is 3. The highest BCUT2D eigenvalue weighted by Gasteiger charge is 2.19. The fraction of sp³-hybridized carbons (Fsp3) is 0.167. The van der Waals surface area contributed by atoms with Crippen molar-refractivity contribution in [2.75, 3.05) is 11.8 Å². The molecule has 0 aliphatic heterocycles. The zero-order valence-corrected chi connectivity index (χ0v) is 19.7. The predicted octanol–water partition coefficient (Wildman–Crippen LogP) is 3.03. The number of rotatable bonds is 8. The minimum Gasteiger partial charge on any atom is -0.497 e. The molecule has 1 atom stereocenters. The van der Waals surface area contributed by atoms with E-state index in [2.05, 4.69) is 15.6 Å². The molecule has 1 unspecified atom stereocenters. The summed E-state index contributed by atoms with van der Waals surface area (Å²) in [7, 11) is -2.44. The van der Waals surface area contributed by atoms with Crippen molar-refractivity contribution in [1.82, 2.24) is 10.9 Å². The van der Waals surface area contributed by atoms with Crippen LogP contribution in [0.1, 0.15) is 22.8 Å². The Morgan fingerprint density at radius 1 is 0.882 bits per heavy atom. The lowest BCUT2D eigenvalue weighted by Crippen LogP contribution is -2.47. The molecular formula is C24H25N3O6S. The molecule has 9 nitrogen and oxygen atoms in total. The second kappa shape index (κ2) is 10.7. The average molecular weight is 484 g/mol. The summed E-state index contributed by atoms with van der Waals surface area (Å²) in [5.41, 5.74) is 5.99. The first-order chi connectivity index (χ1) is 16.2. The van der Waals surface area contributed by atoms with E-state index >= 15 is 0 Å². The third kappa shape index (κ3) is 6.48. The van der Waals surface area contributed by atoms with E-state index in [1.165, 1.54) is 31.4 Å². The highest BCUT2D eigenvalue weighted by atomic mass is 32.2. The molecule has 0 heterocycles. The molecule has 0 bridgehead atoms. The number of methoxy groups -OCH3 is 1. The number of carbonyl (C=O) groups is 2. The number of carbonyl (C=O) groups excluding carboxylic acids is 2. The summed E-state index contributed by atoms with van der Waals surface area (Å²) in [6.45, 7) is 3.48. The molecule has 0 fully saturated rings. The molecule has 10 heteroatoms. The minimum absolute atomic E-state index is 0.0463. The van der Waals surface area contributed by atoms with Gasteiger partial charge in [0, 0.05) is 11.3 Å². The van der Waals surface area contributed by atoms with Gasteiger partial charge in [0.1, 0.15) is 11.5 Å². The van der Waals surface area contributed by atoms with Crippen LogP contribution in [0, 0.1) is 6.92 Å². The molecule has 0 aliphatic carbocycles. The molecule has 0 aliphatic rings. The highest BCUT2D eigenvalue weighted by Crippen LogP contribution is 2.20. The summed E-state index contributed by atoms with van der Waals surface area (Å²) in [4.78, 5) is 24.6. The molecule has 0 saturated heterocycles. The van der Waals surface area contributed by atoms with Gasteiger partial charge in [0.15, 0.2) is 6.10 Å². The number of hydrazine groups is 1. The summed E-state index contributed by atoms with van der Waals surface area (Å²) in [5.74, 6) is -0.152. The van der Waals surface area contributed by atoms with Crippen LogP contribution in [0.25, 0.3) is 0 Å². The van der Waals surface area contributed by atoms with E-state index in [0.29, 0.717) is 17.2 Å². The van der Waals surface area contributed by atoms with Crippen molar-refractivity contribution in [3.63, 3.8) is 0 Å². The Kier molecular flexibility index (Phi) is 7.75. The standard InChI is InChI=1S/C24H25N3O6S/c1-16-7-11-21(12-8-16)33-17(2)23(28)25-26-24(29)18-5-4-6-22(15-18)34(30,31)27-19-9-13-20(32-3)14-10-19/h4-15,17,27H,1-3H3,(H,25,28)(H,26,29). The number of ether oxygens (including phenoxy) is 2. The second-order valence-electron chi connectivity index (χ2n) is 7.38. The van der Waals surface area contributed by atoms with Crippen LogP contribution < -0.4 is 25.0 Å². The first kappa shape index (κ1) is 24.6. The molecule has 34 heavy (non-hydrogen) atoms. The summed E-state index contributed by atoms with van der Waals surface area (Å²) in [6, 6.07) is 19.0. The molecule has 0 saturated carbocycles. The van der Waals surface area contributed by atoms with E-state index < -0.39 is 27.9 Å². The molecule has 3 rings (SSSR count). The van der Waals surface area contributed by atoms with Crippen molar-refractivity contribution >= 4 is 27.5 Å². The van der Waals surface area contributed by atoms with Crippen molar-refractivity contribution in [2.24, 2.45) is 0 Å². The van der Waals surface area contributed by atoms with Gasteiger partial charge >= 0.3 is 0 Å². The smallest absolute Gasteiger partial charge is 0.279 e. The summed E-state index contributed by atoms with van der Waals surface area (Å²) in [6.07, 6.45) is -0.872. The molecule has 0 aromatic heterocycles. The maximum atomic E-state index is 12.7. The molecular weight excluding hydrogens is 458 g/mol. The lowest BCUT2D eigenvalue weighted by atomic mass is 10.2. The number of aryl methyl sites for hydroxylation is 1. The van der Waals surface area contributed by atoms with Crippen molar-refractivity contribution in [1.29, 1.82) is 0 Å². The maximum absolute atomic E-state index is 12.7. The fourth-order valence-corrected chi connectivity index (χ4v) is 3.95. The Labute approximate surface area is 198 Å². The number of nitrogens with one attached hydrogen (secondary N) is 3. The van der Waals surface area contributed by atoms with Crippen LogP contribution in [-0.4, -0.2) is 33.4 Å². The molecule has 3 aromatic rings. The predicted molar refractivity (Wildman–Crippen MR) is 127 cm³/mol. The monoisotopic (exact) mass is 483 g/mol. The van der Waals surface area contributed by atoms with Crippen LogP contribution in [0.3, 0.4) is 0 Å². The second-order valence-corrected chi connectivity index (χ2v) is 9.06. The van der Waals surface area contributed by atoms with Gasteiger partial charge in [0.2, 0.25) is 0 Å². The topological polar surface area (TPSA) is 123 Å². The lowest BCUT2D eigenvalue weighted by Gasteiger charge is -2.15. The Morgan fingerprint density at radius 2 is 1.53 bits per heavy atom. The van der Waals surface area contributed by atoms with Crippen LogP contribution in [0.15, 0.2) is 77.7 Å². The maximum Gasteiger partial charge on any atom is 0.279 e. The molecule has 3 aromatic carbocycles. The van der Waals surface area contributed by atoms with Gasteiger partial charge in [-0.1, -0.05) is 23.8 Å². The third-order valence-electron chi connectivity index (χ3n) is 4.75. The van der Waals surface area contributed by atoms with Crippen molar-refractivity contribution < 1.29 is 27.5 Å². The van der Waals surface area contributed by atoms with Crippen LogP contribution in [0.5, 0.6) is 11.5 Å². The van der Waals surface area contributed by atoms with E-state index in [4.69, 9.17) is 9.47 Å². The van der Waals surface area contributed by atoms with Gasteiger partial charge in [-0.05, 0) is 68.4 Å². The van der Waals surface area contributed by atoms with Gasteiger partial charge in [-0.2, -0.15) is 0 Å². The van der Waals surface area contributed by atoms with Gasteiger partial charge in [0.05, 0.1) is 12.0 Å². The molecule has 178 valence electrons. The molecule has 2 amide bonds. The molecule has 3 N–H and O–H groups in total. The summed E-state index contributed by atoms with van der Waals surface area (Å²) in [5, 5.41) is 0. The van der Waals surface area contributed by atoms with E-state index in [1.807, 2.05) is 19.1 Å². The minimum atomic E-state index is -3.95. The van der Waals surface area contributed by atoms with Crippen molar-refractivity contribution in [2.45, 2.75) is 24.8 Å². The van der Waals surface area contributed by atoms with E-state index in [9.17, 15) is 18.0 Å². The Bertz CT molecular complexity index is 1260. The van der Waals surface area contributed by atoms with E-state index in [-0.39, 0.29) is 10.5 Å². The lowest BCUT2D eigenvalue weighted by molar-refractivity contribution is -0.128. The fourth-order valence-electron chi connectivity index (χ4n) is 2.84. The Morgan fingerprint density at radius 3 is 2.18 bits per heavy atom. The first-order valence-electron chi connectivity index (χ1n) is 10.3. The molecule has 0 radical (unpaired) electrons. The van der Waals surface area contributed by atoms with Crippen LogP contribution in [-0.2, 0) is 14.8 Å². The largest absolute Gasteiger partial charge is 0.497 e. The van der Waals surface area contributed by atoms with E-state index in [0.717, 1.165) is 5.56 Å². The highest BCUT2D eigenvalue weighted by molar-refractivity contribution is 7.92. The van der Waals surface area contributed by atoms with Crippen molar-refractivity contribution in [3.8, 4) is 11.5 Å². The normalized spacial score (nSPS) is 11.7. The number of amides is 2. The first-order valence-corrected chi connectivity index (χ1v) is 11.8. The molecule has 0 spiro atoms. The van der Waals surface area contributed by atoms with Gasteiger partial charge in [0.25, 0.3) is 21.8 Å². The van der Waals surface area contributed by atoms with Crippen LogP contribution in [0.2, 0.25) is 0 Å². The summed E-state index contributed by atoms with van der Waals surface area (Å²) >= 11 is 0. The Balaban J connectivity index is 1.61. The number of anilines is 1. The zero-order valence-electron chi connectivity index (χ0n) is 18.9. The van der Waals surface area contributed by atoms with Gasteiger partial charge in [-0.15, -0.1) is 0 Å².